The summed E-state index contributed by atoms with van der Waals surface area (Å²) < 4.78 is 10.5. The Bertz CT molecular complexity index is 724. The molecule has 1 fully saturated rings. The van der Waals surface area contributed by atoms with E-state index in [4.69, 9.17) is 15.2 Å². The Kier molecular flexibility index (Phi) is 6.28. The summed E-state index contributed by atoms with van der Waals surface area (Å²) in [6.07, 6.45) is 0. The molecule has 1 aliphatic heterocycles. The summed E-state index contributed by atoms with van der Waals surface area (Å²) >= 11 is 0. The first-order valence-corrected chi connectivity index (χ1v) is 7.96. The highest BCUT2D eigenvalue weighted by Gasteiger charge is 2.35. The number of methoxy groups -OCH3 is 2. The zero-order valence-electron chi connectivity index (χ0n) is 14.3. The van der Waals surface area contributed by atoms with E-state index in [1.54, 1.807) is 37.3 Å². The summed E-state index contributed by atoms with van der Waals surface area (Å²) in [5, 5.41) is 0. The first-order chi connectivity index (χ1) is 11.6. The Balaban J connectivity index is 0.00000225. The maximum atomic E-state index is 12.9. The largest absolute Gasteiger partial charge is 0.497 e. The Morgan fingerprint density at radius 1 is 1.08 bits per heavy atom. The van der Waals surface area contributed by atoms with E-state index in [0.717, 1.165) is 0 Å². The van der Waals surface area contributed by atoms with E-state index in [1.807, 2.05) is 18.2 Å². The molecule has 0 radical (unpaired) electrons. The number of rotatable bonds is 4. The monoisotopic (exact) mass is 362 g/mol. The molecule has 0 bridgehead atoms. The summed E-state index contributed by atoms with van der Waals surface area (Å²) in [5.74, 6) is 1.25. The minimum atomic E-state index is -0.0689. The number of benzene rings is 2. The molecule has 0 aliphatic carbocycles. The first kappa shape index (κ1) is 19.1. The highest BCUT2D eigenvalue weighted by Crippen LogP contribution is 2.30. The second-order valence-electron chi connectivity index (χ2n) is 5.96. The molecule has 3 rings (SSSR count). The molecule has 1 heterocycles. The van der Waals surface area contributed by atoms with Gasteiger partial charge in [-0.1, -0.05) is 30.3 Å². The summed E-state index contributed by atoms with van der Waals surface area (Å²) in [6, 6.07) is 15.3. The van der Waals surface area contributed by atoms with Crippen molar-refractivity contribution in [3.63, 3.8) is 0 Å². The van der Waals surface area contributed by atoms with Crippen LogP contribution in [0.5, 0.6) is 11.5 Å². The molecule has 2 aromatic rings. The number of amides is 1. The van der Waals surface area contributed by atoms with Crippen molar-refractivity contribution < 1.29 is 14.3 Å². The van der Waals surface area contributed by atoms with Gasteiger partial charge in [-0.05, 0) is 17.7 Å². The Labute approximate surface area is 154 Å². The van der Waals surface area contributed by atoms with Crippen molar-refractivity contribution in [2.45, 2.75) is 12.0 Å². The predicted octanol–water partition coefficient (Wildman–Crippen LogP) is 2.69. The van der Waals surface area contributed by atoms with Gasteiger partial charge in [-0.25, -0.2) is 0 Å². The van der Waals surface area contributed by atoms with Crippen molar-refractivity contribution in [2.75, 3.05) is 27.3 Å². The minimum Gasteiger partial charge on any atom is -0.497 e. The number of nitrogens with zero attached hydrogens (tertiary/aromatic N) is 1. The predicted molar refractivity (Wildman–Crippen MR) is 99.9 cm³/mol. The fourth-order valence-electron chi connectivity index (χ4n) is 3.19. The number of nitrogens with two attached hydrogens (primary N) is 1. The van der Waals surface area contributed by atoms with E-state index in [9.17, 15) is 4.79 Å². The van der Waals surface area contributed by atoms with Crippen LogP contribution < -0.4 is 15.2 Å². The summed E-state index contributed by atoms with van der Waals surface area (Å²) in [4.78, 5) is 14.7. The first-order valence-electron chi connectivity index (χ1n) is 7.96. The minimum absolute atomic E-state index is 0. The van der Waals surface area contributed by atoms with Gasteiger partial charge in [0.2, 0.25) is 0 Å². The number of likely N-dealkylation sites (tertiary alicyclic amines) is 1. The average molecular weight is 363 g/mol. The van der Waals surface area contributed by atoms with Crippen molar-refractivity contribution in [1.29, 1.82) is 0 Å². The van der Waals surface area contributed by atoms with Crippen molar-refractivity contribution in [2.24, 2.45) is 5.73 Å². The van der Waals surface area contributed by atoms with Crippen molar-refractivity contribution in [1.82, 2.24) is 4.90 Å². The van der Waals surface area contributed by atoms with Crippen LogP contribution in [0.15, 0.2) is 48.5 Å². The van der Waals surface area contributed by atoms with Crippen LogP contribution in [0.3, 0.4) is 0 Å². The Morgan fingerprint density at radius 3 is 2.44 bits per heavy atom. The third-order valence-electron chi connectivity index (χ3n) is 4.52. The van der Waals surface area contributed by atoms with Crippen LogP contribution in [-0.4, -0.2) is 44.2 Å². The molecule has 2 N–H and O–H groups in total. The van der Waals surface area contributed by atoms with Crippen LogP contribution in [0.1, 0.15) is 21.8 Å². The molecule has 6 heteroatoms. The highest BCUT2D eigenvalue weighted by molar-refractivity contribution is 5.97. The molecule has 2 atom stereocenters. The summed E-state index contributed by atoms with van der Waals surface area (Å²) in [7, 11) is 3.13. The fourth-order valence-corrected chi connectivity index (χ4v) is 3.19. The van der Waals surface area contributed by atoms with Crippen LogP contribution in [-0.2, 0) is 0 Å². The SMILES string of the molecule is COc1ccc(C(=O)N2C[C@@H](N)[C@H](c3ccccc3)C2)c(OC)c1.Cl. The molecule has 0 spiro atoms. The standard InChI is InChI=1S/C19H22N2O3.ClH/c1-23-14-8-9-15(18(10-14)24-2)19(22)21-11-16(17(20)12-21)13-6-4-3-5-7-13;/h3-10,16-17H,11-12,20H2,1-2H3;1H/t16-,17+;/m0./s1. The van der Waals surface area contributed by atoms with Crippen molar-refractivity contribution in [3.05, 3.63) is 59.7 Å². The molecule has 0 aromatic heterocycles. The van der Waals surface area contributed by atoms with Gasteiger partial charge >= 0.3 is 0 Å². The molecule has 5 nitrogen and oxygen atoms in total. The maximum absolute atomic E-state index is 12.9. The third kappa shape index (κ3) is 3.89. The van der Waals surface area contributed by atoms with Gasteiger partial charge in [-0.3, -0.25) is 4.79 Å². The lowest BCUT2D eigenvalue weighted by atomic mass is 9.95. The molecule has 2 aromatic carbocycles. The molecule has 25 heavy (non-hydrogen) atoms. The topological polar surface area (TPSA) is 64.8 Å². The second-order valence-corrected chi connectivity index (χ2v) is 5.96. The lowest BCUT2D eigenvalue weighted by Gasteiger charge is -2.18. The van der Waals surface area contributed by atoms with E-state index in [0.29, 0.717) is 30.2 Å². The van der Waals surface area contributed by atoms with E-state index in [1.165, 1.54) is 5.56 Å². The number of hydrogen-bond acceptors (Lipinski definition) is 4. The van der Waals surface area contributed by atoms with Crippen LogP contribution in [0.4, 0.5) is 0 Å². The Morgan fingerprint density at radius 2 is 1.80 bits per heavy atom. The maximum Gasteiger partial charge on any atom is 0.257 e. The lowest BCUT2D eigenvalue weighted by Crippen LogP contribution is -2.32. The van der Waals surface area contributed by atoms with Gasteiger partial charge in [-0.2, -0.15) is 0 Å². The van der Waals surface area contributed by atoms with E-state index in [2.05, 4.69) is 12.1 Å². The lowest BCUT2D eigenvalue weighted by molar-refractivity contribution is 0.0785. The van der Waals surface area contributed by atoms with Gasteiger partial charge < -0.3 is 20.1 Å². The smallest absolute Gasteiger partial charge is 0.257 e. The van der Waals surface area contributed by atoms with Crippen LogP contribution in [0.2, 0.25) is 0 Å². The van der Waals surface area contributed by atoms with Gasteiger partial charge in [0.1, 0.15) is 11.5 Å². The fraction of sp³-hybridized carbons (Fsp3) is 0.316. The molecule has 0 saturated carbocycles. The van der Waals surface area contributed by atoms with Crippen LogP contribution >= 0.6 is 12.4 Å². The van der Waals surface area contributed by atoms with Crippen molar-refractivity contribution in [3.8, 4) is 11.5 Å². The molecular weight excluding hydrogens is 340 g/mol. The zero-order valence-corrected chi connectivity index (χ0v) is 15.2. The van der Waals surface area contributed by atoms with Gasteiger partial charge in [0, 0.05) is 31.1 Å². The quantitative estimate of drug-likeness (QED) is 0.908. The summed E-state index contributed by atoms with van der Waals surface area (Å²) in [5.41, 5.74) is 7.98. The molecule has 1 aliphatic rings. The van der Waals surface area contributed by atoms with E-state index < -0.39 is 0 Å². The van der Waals surface area contributed by atoms with Gasteiger partial charge in [-0.15, -0.1) is 12.4 Å². The molecular formula is C19H23ClN2O3. The number of hydrogen-bond donors (Lipinski definition) is 1. The average Bonchev–Trinajstić information content (AvgIpc) is 3.03. The van der Waals surface area contributed by atoms with Crippen LogP contribution in [0, 0.1) is 0 Å². The van der Waals surface area contributed by atoms with Gasteiger partial charge in [0.25, 0.3) is 5.91 Å². The third-order valence-corrected chi connectivity index (χ3v) is 4.52. The molecule has 134 valence electrons. The number of carbonyl (C=O) groups is 1. The van der Waals surface area contributed by atoms with Gasteiger partial charge in [0.05, 0.1) is 19.8 Å². The number of ether oxygens (including phenoxy) is 2. The van der Waals surface area contributed by atoms with E-state index >= 15 is 0 Å². The second kappa shape index (κ2) is 8.23. The zero-order chi connectivity index (χ0) is 17.1. The van der Waals surface area contributed by atoms with Gasteiger partial charge in [0.15, 0.2) is 0 Å². The molecule has 1 saturated heterocycles. The normalized spacial score (nSPS) is 19.2. The molecule has 1 amide bonds. The Hall–Kier alpha value is -2.24. The van der Waals surface area contributed by atoms with Crippen molar-refractivity contribution >= 4 is 18.3 Å². The van der Waals surface area contributed by atoms with Crippen LogP contribution in [0.25, 0.3) is 0 Å². The number of carbonyl (C=O) groups excluding carboxylic acids is 1. The van der Waals surface area contributed by atoms with E-state index in [-0.39, 0.29) is 30.3 Å². The molecule has 0 unspecified atom stereocenters. The highest BCUT2D eigenvalue weighted by atomic mass is 35.5. The number of halogens is 1. The summed E-state index contributed by atoms with van der Waals surface area (Å²) in [6.45, 7) is 1.15.